The van der Waals surface area contributed by atoms with Crippen LogP contribution in [-0.2, 0) is 11.3 Å². The van der Waals surface area contributed by atoms with Gasteiger partial charge in [0.2, 0.25) is 0 Å². The molecule has 100 valence electrons. The third-order valence-electron chi connectivity index (χ3n) is 2.79. The van der Waals surface area contributed by atoms with Crippen LogP contribution in [0.25, 0.3) is 0 Å². The highest BCUT2D eigenvalue weighted by molar-refractivity contribution is 5.95. The number of amides is 1. The van der Waals surface area contributed by atoms with Crippen LogP contribution < -0.4 is 5.32 Å². The van der Waals surface area contributed by atoms with Crippen molar-refractivity contribution in [3.8, 4) is 0 Å². The molecule has 1 aromatic rings. The summed E-state index contributed by atoms with van der Waals surface area (Å²) in [5, 5.41) is 11.7. The standard InChI is InChI=1S/C13H20N2O3/c1-5-15-8-6-7-9(15)11(16)14-10(12(17)18)13(2,3)4/h6-8,10H,5H2,1-4H3,(H,14,16)(H,17,18)/t10-/m0/s1. The van der Waals surface area contributed by atoms with E-state index in [1.807, 2.05) is 6.92 Å². The molecule has 1 heterocycles. The molecule has 0 saturated carbocycles. The van der Waals surface area contributed by atoms with E-state index in [2.05, 4.69) is 5.32 Å². The van der Waals surface area contributed by atoms with Crippen LogP contribution in [0.4, 0.5) is 0 Å². The van der Waals surface area contributed by atoms with E-state index in [1.54, 1.807) is 43.7 Å². The summed E-state index contributed by atoms with van der Waals surface area (Å²) >= 11 is 0. The van der Waals surface area contributed by atoms with Crippen LogP contribution in [0.5, 0.6) is 0 Å². The number of carboxylic acids is 1. The van der Waals surface area contributed by atoms with Crippen molar-refractivity contribution < 1.29 is 14.7 Å². The second kappa shape index (κ2) is 5.25. The van der Waals surface area contributed by atoms with Gasteiger partial charge in [-0.2, -0.15) is 0 Å². The van der Waals surface area contributed by atoms with Gasteiger partial charge < -0.3 is 15.0 Å². The Kier molecular flexibility index (Phi) is 4.16. The Balaban J connectivity index is 2.89. The molecule has 0 fully saturated rings. The maximum absolute atomic E-state index is 12.1. The maximum Gasteiger partial charge on any atom is 0.326 e. The predicted molar refractivity (Wildman–Crippen MR) is 68.5 cm³/mol. The molecule has 5 heteroatoms. The fraction of sp³-hybridized carbons (Fsp3) is 0.538. The zero-order chi connectivity index (χ0) is 13.9. The van der Waals surface area contributed by atoms with Gasteiger partial charge in [0.05, 0.1) is 0 Å². The van der Waals surface area contributed by atoms with Gasteiger partial charge in [0.15, 0.2) is 0 Å². The molecule has 1 amide bonds. The number of rotatable bonds is 4. The average Bonchev–Trinajstić information content (AvgIpc) is 2.71. The molecule has 18 heavy (non-hydrogen) atoms. The van der Waals surface area contributed by atoms with Gasteiger partial charge in [-0.05, 0) is 24.5 Å². The van der Waals surface area contributed by atoms with Gasteiger partial charge >= 0.3 is 5.97 Å². The number of hydrogen-bond donors (Lipinski definition) is 2. The smallest absolute Gasteiger partial charge is 0.326 e. The minimum Gasteiger partial charge on any atom is -0.480 e. The van der Waals surface area contributed by atoms with Gasteiger partial charge in [-0.25, -0.2) is 4.79 Å². The van der Waals surface area contributed by atoms with Crippen LogP contribution in [0, 0.1) is 5.41 Å². The predicted octanol–water partition coefficient (Wildman–Crippen LogP) is 1.74. The minimum absolute atomic E-state index is 0.357. The molecule has 1 rings (SSSR count). The molecule has 0 aliphatic heterocycles. The van der Waals surface area contributed by atoms with Crippen molar-refractivity contribution in [2.75, 3.05) is 0 Å². The Morgan fingerprint density at radius 3 is 2.50 bits per heavy atom. The van der Waals surface area contributed by atoms with E-state index in [4.69, 9.17) is 5.11 Å². The van der Waals surface area contributed by atoms with Crippen molar-refractivity contribution in [2.45, 2.75) is 40.3 Å². The van der Waals surface area contributed by atoms with Gasteiger partial charge in [0.25, 0.3) is 5.91 Å². The second-order valence-electron chi connectivity index (χ2n) is 5.29. The van der Waals surface area contributed by atoms with E-state index < -0.39 is 17.4 Å². The summed E-state index contributed by atoms with van der Waals surface area (Å²) < 4.78 is 1.77. The first-order chi connectivity index (χ1) is 8.27. The number of carboxylic acid groups (broad SMARTS) is 1. The number of aryl methyl sites for hydroxylation is 1. The van der Waals surface area contributed by atoms with Gasteiger partial charge in [-0.3, -0.25) is 4.79 Å². The lowest BCUT2D eigenvalue weighted by Gasteiger charge is -2.27. The molecule has 0 aromatic carbocycles. The zero-order valence-electron chi connectivity index (χ0n) is 11.2. The van der Waals surface area contributed by atoms with Gasteiger partial charge in [-0.1, -0.05) is 20.8 Å². The number of nitrogens with zero attached hydrogens (tertiary/aromatic N) is 1. The first-order valence-corrected chi connectivity index (χ1v) is 5.96. The summed E-state index contributed by atoms with van der Waals surface area (Å²) in [6.45, 7) is 7.94. The van der Waals surface area contributed by atoms with E-state index in [0.29, 0.717) is 12.2 Å². The Hall–Kier alpha value is -1.78. The number of carbonyl (C=O) groups is 2. The van der Waals surface area contributed by atoms with E-state index in [9.17, 15) is 9.59 Å². The quantitative estimate of drug-likeness (QED) is 0.857. The Labute approximate surface area is 107 Å². The molecule has 5 nitrogen and oxygen atoms in total. The molecule has 0 spiro atoms. The lowest BCUT2D eigenvalue weighted by molar-refractivity contribution is -0.142. The lowest BCUT2D eigenvalue weighted by atomic mass is 9.86. The molecule has 0 unspecified atom stereocenters. The average molecular weight is 252 g/mol. The zero-order valence-corrected chi connectivity index (χ0v) is 11.2. The largest absolute Gasteiger partial charge is 0.480 e. The van der Waals surface area contributed by atoms with E-state index in [0.717, 1.165) is 0 Å². The third kappa shape index (κ3) is 3.12. The first-order valence-electron chi connectivity index (χ1n) is 5.96. The van der Waals surface area contributed by atoms with Crippen LogP contribution in [0.15, 0.2) is 18.3 Å². The summed E-state index contributed by atoms with van der Waals surface area (Å²) in [4.78, 5) is 23.2. The summed E-state index contributed by atoms with van der Waals surface area (Å²) in [6, 6.07) is 2.54. The van der Waals surface area contributed by atoms with Crippen LogP contribution in [0.1, 0.15) is 38.2 Å². The van der Waals surface area contributed by atoms with E-state index in [1.165, 1.54) is 0 Å². The van der Waals surface area contributed by atoms with Crippen molar-refractivity contribution in [1.82, 2.24) is 9.88 Å². The van der Waals surface area contributed by atoms with Gasteiger partial charge in [-0.15, -0.1) is 0 Å². The molecule has 0 saturated heterocycles. The highest BCUT2D eigenvalue weighted by Gasteiger charge is 2.33. The molecule has 0 aliphatic carbocycles. The molecule has 0 aliphatic rings. The summed E-state index contributed by atoms with van der Waals surface area (Å²) in [6.07, 6.45) is 1.79. The molecular weight excluding hydrogens is 232 g/mol. The topological polar surface area (TPSA) is 71.3 Å². The number of nitrogens with one attached hydrogen (secondary N) is 1. The van der Waals surface area contributed by atoms with E-state index in [-0.39, 0.29) is 5.91 Å². The normalized spacial score (nSPS) is 13.1. The van der Waals surface area contributed by atoms with Crippen molar-refractivity contribution in [1.29, 1.82) is 0 Å². The molecule has 1 aromatic heterocycles. The third-order valence-corrected chi connectivity index (χ3v) is 2.79. The van der Waals surface area contributed by atoms with Gasteiger partial charge in [0, 0.05) is 12.7 Å². The minimum atomic E-state index is -1.02. The summed E-state index contributed by atoms with van der Waals surface area (Å²) in [5.41, 5.74) is -0.0569. The highest BCUT2D eigenvalue weighted by atomic mass is 16.4. The van der Waals surface area contributed by atoms with Crippen LogP contribution in [0.3, 0.4) is 0 Å². The summed E-state index contributed by atoms with van der Waals surface area (Å²) in [7, 11) is 0. The molecule has 2 N–H and O–H groups in total. The maximum atomic E-state index is 12.1. The molecular formula is C13H20N2O3. The van der Waals surface area contributed by atoms with Crippen LogP contribution in [-0.4, -0.2) is 27.6 Å². The van der Waals surface area contributed by atoms with Crippen molar-refractivity contribution >= 4 is 11.9 Å². The van der Waals surface area contributed by atoms with Crippen LogP contribution >= 0.6 is 0 Å². The number of carbonyl (C=O) groups excluding carboxylic acids is 1. The number of aromatic nitrogens is 1. The Bertz CT molecular complexity index is 443. The van der Waals surface area contributed by atoms with Gasteiger partial charge in [0.1, 0.15) is 11.7 Å². The van der Waals surface area contributed by atoms with Crippen molar-refractivity contribution in [2.24, 2.45) is 5.41 Å². The van der Waals surface area contributed by atoms with Crippen LogP contribution in [0.2, 0.25) is 0 Å². The fourth-order valence-electron chi connectivity index (χ4n) is 1.75. The molecule has 0 radical (unpaired) electrons. The van der Waals surface area contributed by atoms with E-state index >= 15 is 0 Å². The Morgan fingerprint density at radius 1 is 1.44 bits per heavy atom. The molecule has 1 atom stereocenters. The lowest BCUT2D eigenvalue weighted by Crippen LogP contribution is -2.49. The molecule has 0 bridgehead atoms. The Morgan fingerprint density at radius 2 is 2.06 bits per heavy atom. The highest BCUT2D eigenvalue weighted by Crippen LogP contribution is 2.20. The fourth-order valence-corrected chi connectivity index (χ4v) is 1.75. The van der Waals surface area contributed by atoms with Crippen molar-refractivity contribution in [3.63, 3.8) is 0 Å². The van der Waals surface area contributed by atoms with Crippen molar-refractivity contribution in [3.05, 3.63) is 24.0 Å². The monoisotopic (exact) mass is 252 g/mol. The number of aliphatic carboxylic acids is 1. The SMILES string of the molecule is CCn1cccc1C(=O)N[C@@H](C(=O)O)C(C)(C)C. The second-order valence-corrected chi connectivity index (χ2v) is 5.29. The first kappa shape index (κ1) is 14.3. The summed E-state index contributed by atoms with van der Waals surface area (Å²) in [5.74, 6) is -1.38. The number of hydrogen-bond acceptors (Lipinski definition) is 2.